The lowest BCUT2D eigenvalue weighted by atomic mass is 9.96. The van der Waals surface area contributed by atoms with Gasteiger partial charge >= 0.3 is 0 Å². The number of hydrogen-bond acceptors (Lipinski definition) is 14. The lowest BCUT2D eigenvalue weighted by molar-refractivity contribution is -0.136. The second kappa shape index (κ2) is 30.5. The van der Waals surface area contributed by atoms with Crippen LogP contribution in [0.4, 0.5) is 0 Å². The Kier molecular flexibility index (Phi) is 27.0. The van der Waals surface area contributed by atoms with Gasteiger partial charge in [-0.25, -0.2) is 4.98 Å². The number of rotatable bonds is 32. The Balaban J connectivity index is 3.27. The number of hydrogen-bond donors (Lipinski definition) is 14. The third-order valence-electron chi connectivity index (χ3n) is 10.7. The van der Waals surface area contributed by atoms with Gasteiger partial charge < -0.3 is 74.9 Å². The van der Waals surface area contributed by atoms with Crippen molar-refractivity contribution in [1.29, 1.82) is 0 Å². The van der Waals surface area contributed by atoms with Gasteiger partial charge in [-0.2, -0.15) is 0 Å². The number of imidazole rings is 1. The molecule has 1 aromatic heterocycles. The number of aliphatic hydroxyl groups excluding tert-OH is 2. The summed E-state index contributed by atoms with van der Waals surface area (Å²) in [4.78, 5) is 126. The summed E-state index contributed by atoms with van der Waals surface area (Å²) >= 11 is 0. The van der Waals surface area contributed by atoms with Crippen molar-refractivity contribution in [3.8, 4) is 0 Å². The second-order valence-corrected chi connectivity index (χ2v) is 17.9. The van der Waals surface area contributed by atoms with Gasteiger partial charge in [0.25, 0.3) is 0 Å². The molecule has 9 amide bonds. The Hall–Kier alpha value is -5.72. The molecule has 0 radical (unpaired) electrons. The summed E-state index contributed by atoms with van der Waals surface area (Å²) in [6.45, 7) is 12.2. The number of nitrogens with zero attached hydrogens (tertiary/aromatic N) is 1. The number of aromatic amines is 1. The molecule has 0 saturated heterocycles. The highest BCUT2D eigenvalue weighted by Crippen LogP contribution is 2.13. The molecular formula is C43H77N13O11. The molecule has 0 bridgehead atoms. The number of carbonyl (C=O) groups excluding carboxylic acids is 9. The monoisotopic (exact) mass is 952 g/mol. The predicted molar refractivity (Wildman–Crippen MR) is 246 cm³/mol. The van der Waals surface area contributed by atoms with Crippen LogP contribution in [0.15, 0.2) is 12.5 Å². The fourth-order valence-corrected chi connectivity index (χ4v) is 6.66. The zero-order valence-corrected chi connectivity index (χ0v) is 40.1. The highest BCUT2D eigenvalue weighted by molar-refractivity contribution is 5.98. The molecule has 1 heterocycles. The molecule has 67 heavy (non-hydrogen) atoms. The minimum absolute atomic E-state index is 0.0533. The van der Waals surface area contributed by atoms with E-state index in [-0.39, 0.29) is 43.6 Å². The van der Waals surface area contributed by atoms with Crippen molar-refractivity contribution in [2.75, 3.05) is 26.3 Å². The SMILES string of the molecule is CC[C@H](C)[C@H](NC(=O)[C@H](CC(C)C)NC(=O)[C@H](Cc1cnc[nH]1)NC(=O)[C@H](CO)NC(=O)[C@H](CCCCN)NC(=O)CNC(=O)[C@@H](NC(=O)[C@@H](N)CC(C)C)C(C)C)C(=O)N[C@@H](CO)C(N)=O. The van der Waals surface area contributed by atoms with Crippen molar-refractivity contribution < 1.29 is 53.4 Å². The zero-order valence-electron chi connectivity index (χ0n) is 40.1. The van der Waals surface area contributed by atoms with Crippen LogP contribution < -0.4 is 59.7 Å². The van der Waals surface area contributed by atoms with Gasteiger partial charge in [0, 0.05) is 18.3 Å². The molecule has 0 unspecified atom stereocenters. The van der Waals surface area contributed by atoms with Crippen molar-refractivity contribution >= 4 is 53.2 Å². The average molecular weight is 952 g/mol. The van der Waals surface area contributed by atoms with E-state index in [2.05, 4.69) is 52.5 Å². The first-order chi connectivity index (χ1) is 31.5. The first kappa shape index (κ1) is 59.3. The molecule has 24 nitrogen and oxygen atoms in total. The van der Waals surface area contributed by atoms with Crippen molar-refractivity contribution in [1.82, 2.24) is 52.5 Å². The van der Waals surface area contributed by atoms with E-state index >= 15 is 0 Å². The number of aromatic nitrogens is 2. The molecule has 0 aliphatic heterocycles. The van der Waals surface area contributed by atoms with Gasteiger partial charge in [0.1, 0.15) is 42.3 Å². The first-order valence-corrected chi connectivity index (χ1v) is 22.8. The molecule has 24 heteroatoms. The summed E-state index contributed by atoms with van der Waals surface area (Å²) in [5.74, 6) is -8.09. The normalized spacial score (nSPS) is 15.4. The number of amides is 9. The number of nitrogens with two attached hydrogens (primary N) is 3. The standard InChI is InChI=1S/C43H77N13O11/c1-9-25(8)35(43(67)53-31(19-57)36(46)60)56-40(64)29(15-23(4)5)51-39(63)30(16-26-17-47-21-49-26)52-41(65)32(20-58)54-38(62)28(12-10-11-13-44)50-33(59)18-48-42(66)34(24(6)7)55-37(61)27(45)14-22(2)3/h17,21-25,27-32,34-35,57-58H,9-16,18-20,44-45H2,1-8H3,(H2,46,60)(H,47,49)(H,48,66)(H,50,59)(H,51,63)(H,52,65)(H,53,67)(H,54,62)(H,55,61)(H,56,64)/t25-,27-,28-,29-,30-,31-,32-,34-,35-/m0/s1. The Morgan fingerprint density at radius 1 is 0.642 bits per heavy atom. The van der Waals surface area contributed by atoms with Crippen LogP contribution in [0.3, 0.4) is 0 Å². The quantitative estimate of drug-likeness (QED) is 0.0308. The maximum Gasteiger partial charge on any atom is 0.245 e. The maximum atomic E-state index is 14.0. The van der Waals surface area contributed by atoms with Gasteiger partial charge in [0.05, 0.1) is 32.1 Å². The lowest BCUT2D eigenvalue weighted by Gasteiger charge is -2.29. The van der Waals surface area contributed by atoms with E-state index < -0.39 is 127 Å². The highest BCUT2D eigenvalue weighted by Gasteiger charge is 2.35. The summed E-state index contributed by atoms with van der Waals surface area (Å²) in [6.07, 6.45) is 4.33. The Morgan fingerprint density at radius 2 is 1.18 bits per heavy atom. The molecule has 1 aromatic rings. The number of nitrogens with one attached hydrogen (secondary N) is 9. The van der Waals surface area contributed by atoms with Crippen molar-refractivity contribution in [3.63, 3.8) is 0 Å². The summed E-state index contributed by atoms with van der Waals surface area (Å²) in [5, 5.41) is 40.0. The van der Waals surface area contributed by atoms with E-state index in [1.54, 1.807) is 41.5 Å². The molecule has 380 valence electrons. The second-order valence-electron chi connectivity index (χ2n) is 17.9. The number of primary amides is 1. The zero-order chi connectivity index (χ0) is 51.0. The van der Waals surface area contributed by atoms with Crippen LogP contribution in [-0.4, -0.2) is 148 Å². The van der Waals surface area contributed by atoms with Crippen LogP contribution in [0.2, 0.25) is 0 Å². The van der Waals surface area contributed by atoms with Gasteiger partial charge in [-0.3, -0.25) is 43.2 Å². The van der Waals surface area contributed by atoms with E-state index in [1.807, 2.05) is 13.8 Å². The van der Waals surface area contributed by atoms with Crippen LogP contribution in [0.1, 0.15) is 99.6 Å². The number of carbonyl (C=O) groups is 9. The average Bonchev–Trinajstić information content (AvgIpc) is 3.78. The topological polar surface area (TPSA) is 397 Å². The Bertz CT molecular complexity index is 1760. The van der Waals surface area contributed by atoms with E-state index in [1.165, 1.54) is 12.5 Å². The van der Waals surface area contributed by atoms with Crippen LogP contribution >= 0.6 is 0 Å². The van der Waals surface area contributed by atoms with Gasteiger partial charge in [-0.15, -0.1) is 0 Å². The Labute approximate surface area is 392 Å². The van der Waals surface area contributed by atoms with Crippen LogP contribution in [0.5, 0.6) is 0 Å². The van der Waals surface area contributed by atoms with Crippen molar-refractivity contribution in [2.45, 2.75) is 149 Å². The predicted octanol–water partition coefficient (Wildman–Crippen LogP) is -3.82. The molecule has 0 fully saturated rings. The smallest absolute Gasteiger partial charge is 0.245 e. The van der Waals surface area contributed by atoms with Crippen LogP contribution in [0.25, 0.3) is 0 Å². The van der Waals surface area contributed by atoms with E-state index in [9.17, 15) is 53.4 Å². The van der Waals surface area contributed by atoms with Crippen LogP contribution in [-0.2, 0) is 49.6 Å². The molecule has 0 aliphatic rings. The minimum atomic E-state index is -1.65. The molecule has 0 saturated carbocycles. The summed E-state index contributed by atoms with van der Waals surface area (Å²) in [7, 11) is 0. The third-order valence-corrected chi connectivity index (χ3v) is 10.7. The molecule has 9 atom stereocenters. The fraction of sp³-hybridized carbons (Fsp3) is 0.721. The maximum absolute atomic E-state index is 14.0. The summed E-state index contributed by atoms with van der Waals surface area (Å²) < 4.78 is 0. The van der Waals surface area contributed by atoms with Crippen LogP contribution in [0, 0.1) is 23.7 Å². The van der Waals surface area contributed by atoms with E-state index in [4.69, 9.17) is 17.2 Å². The first-order valence-electron chi connectivity index (χ1n) is 22.8. The highest BCUT2D eigenvalue weighted by atomic mass is 16.3. The molecular weight excluding hydrogens is 875 g/mol. The number of aliphatic hydroxyl groups is 2. The molecule has 0 aliphatic carbocycles. The molecule has 1 rings (SSSR count). The van der Waals surface area contributed by atoms with Gasteiger partial charge in [-0.1, -0.05) is 61.8 Å². The van der Waals surface area contributed by atoms with Gasteiger partial charge in [-0.05, 0) is 62.3 Å². The van der Waals surface area contributed by atoms with E-state index in [0.29, 0.717) is 31.4 Å². The molecule has 0 aromatic carbocycles. The minimum Gasteiger partial charge on any atom is -0.394 e. The Morgan fingerprint density at radius 3 is 1.70 bits per heavy atom. The third kappa shape index (κ3) is 21.6. The summed E-state index contributed by atoms with van der Waals surface area (Å²) in [6, 6.07) is -10.1. The fourth-order valence-electron chi connectivity index (χ4n) is 6.66. The van der Waals surface area contributed by atoms with E-state index in [0.717, 1.165) is 0 Å². The summed E-state index contributed by atoms with van der Waals surface area (Å²) in [5.41, 5.74) is 17.3. The number of H-pyrrole nitrogens is 1. The van der Waals surface area contributed by atoms with Gasteiger partial charge in [0.2, 0.25) is 53.2 Å². The van der Waals surface area contributed by atoms with Crippen molar-refractivity contribution in [3.05, 3.63) is 18.2 Å². The molecule has 0 spiro atoms. The number of unbranched alkanes of at least 4 members (excludes halogenated alkanes) is 1. The van der Waals surface area contributed by atoms with Gasteiger partial charge in [0.15, 0.2) is 0 Å². The molecule has 17 N–H and O–H groups in total. The lowest BCUT2D eigenvalue weighted by Crippen LogP contribution is -2.61. The largest absolute Gasteiger partial charge is 0.394 e. The van der Waals surface area contributed by atoms with Crippen molar-refractivity contribution in [2.24, 2.45) is 40.9 Å².